The van der Waals surface area contributed by atoms with Crippen LogP contribution in [0.3, 0.4) is 0 Å². The molecule has 32 heavy (non-hydrogen) atoms. The number of nitro benzene ring substituents is 1. The number of hydrogen-bond acceptors (Lipinski definition) is 7. The SMILES string of the molecule is CCCC(c1nnnn1Cc1ccc(F)cc1)N1CCN(c2ccc([N+](=O)[O-])cc2)CC1. The van der Waals surface area contributed by atoms with Crippen LogP contribution in [0.15, 0.2) is 48.5 Å². The zero-order valence-electron chi connectivity index (χ0n) is 18.0. The van der Waals surface area contributed by atoms with Gasteiger partial charge in [0.15, 0.2) is 5.82 Å². The van der Waals surface area contributed by atoms with Gasteiger partial charge in [-0.05, 0) is 46.7 Å². The fraction of sp³-hybridized carbons (Fsp3) is 0.409. The van der Waals surface area contributed by atoms with Crippen molar-refractivity contribution in [2.75, 3.05) is 31.1 Å². The molecule has 0 amide bonds. The first-order valence-corrected chi connectivity index (χ1v) is 10.8. The second-order valence-corrected chi connectivity index (χ2v) is 7.92. The Morgan fingerprint density at radius 2 is 1.75 bits per heavy atom. The Morgan fingerprint density at radius 3 is 2.38 bits per heavy atom. The molecule has 9 nitrogen and oxygen atoms in total. The number of tetrazole rings is 1. The highest BCUT2D eigenvalue weighted by atomic mass is 19.1. The van der Waals surface area contributed by atoms with E-state index >= 15 is 0 Å². The van der Waals surface area contributed by atoms with Crippen LogP contribution in [0.4, 0.5) is 15.8 Å². The van der Waals surface area contributed by atoms with Gasteiger partial charge >= 0.3 is 0 Å². The Balaban J connectivity index is 1.45. The summed E-state index contributed by atoms with van der Waals surface area (Å²) in [7, 11) is 0. The van der Waals surface area contributed by atoms with Crippen molar-refractivity contribution < 1.29 is 9.31 Å². The third-order valence-electron chi connectivity index (χ3n) is 5.85. The maximum Gasteiger partial charge on any atom is 0.269 e. The molecule has 168 valence electrons. The van der Waals surface area contributed by atoms with E-state index in [2.05, 4.69) is 32.2 Å². The average molecular weight is 439 g/mol. The Morgan fingerprint density at radius 1 is 1.06 bits per heavy atom. The summed E-state index contributed by atoms with van der Waals surface area (Å²) in [6.45, 7) is 5.95. The van der Waals surface area contributed by atoms with Crippen molar-refractivity contribution in [2.45, 2.75) is 32.4 Å². The van der Waals surface area contributed by atoms with Gasteiger partial charge in [0.2, 0.25) is 0 Å². The number of halogens is 1. The molecule has 1 aromatic heterocycles. The molecule has 2 aromatic carbocycles. The minimum Gasteiger partial charge on any atom is -0.369 e. The molecule has 1 fully saturated rings. The van der Waals surface area contributed by atoms with Crippen LogP contribution >= 0.6 is 0 Å². The molecule has 2 heterocycles. The Bertz CT molecular complexity index is 1030. The number of nitrogens with zero attached hydrogens (tertiary/aromatic N) is 7. The number of anilines is 1. The van der Waals surface area contributed by atoms with Crippen molar-refractivity contribution in [3.63, 3.8) is 0 Å². The number of non-ortho nitro benzene ring substituents is 1. The lowest BCUT2D eigenvalue weighted by atomic mass is 10.1. The second kappa shape index (κ2) is 9.82. The number of piperazine rings is 1. The lowest BCUT2D eigenvalue weighted by molar-refractivity contribution is -0.384. The van der Waals surface area contributed by atoms with E-state index in [0.717, 1.165) is 56.1 Å². The zero-order valence-corrected chi connectivity index (χ0v) is 18.0. The van der Waals surface area contributed by atoms with Gasteiger partial charge in [-0.15, -0.1) is 5.10 Å². The molecule has 0 bridgehead atoms. The zero-order chi connectivity index (χ0) is 22.5. The fourth-order valence-electron chi connectivity index (χ4n) is 4.15. The molecule has 3 aromatic rings. The van der Waals surface area contributed by atoms with Crippen LogP contribution in [0.2, 0.25) is 0 Å². The van der Waals surface area contributed by atoms with Crippen LogP contribution in [0, 0.1) is 15.9 Å². The number of hydrogen-bond donors (Lipinski definition) is 0. The lowest BCUT2D eigenvalue weighted by Gasteiger charge is -2.39. The maximum absolute atomic E-state index is 13.2. The summed E-state index contributed by atoms with van der Waals surface area (Å²) in [5.41, 5.74) is 2.03. The summed E-state index contributed by atoms with van der Waals surface area (Å²) in [5.74, 6) is 0.556. The van der Waals surface area contributed by atoms with Gasteiger partial charge in [0.05, 0.1) is 17.5 Å². The van der Waals surface area contributed by atoms with E-state index < -0.39 is 0 Å². The van der Waals surface area contributed by atoms with Gasteiger partial charge in [-0.1, -0.05) is 25.5 Å². The number of aromatic nitrogens is 4. The van der Waals surface area contributed by atoms with Gasteiger partial charge < -0.3 is 4.90 Å². The largest absolute Gasteiger partial charge is 0.369 e. The first-order chi connectivity index (χ1) is 15.5. The molecule has 1 unspecified atom stereocenters. The van der Waals surface area contributed by atoms with E-state index in [1.165, 1.54) is 12.1 Å². The van der Waals surface area contributed by atoms with Crippen molar-refractivity contribution in [1.29, 1.82) is 0 Å². The van der Waals surface area contributed by atoms with Gasteiger partial charge in [0, 0.05) is 44.0 Å². The molecule has 0 aliphatic carbocycles. The number of benzene rings is 2. The van der Waals surface area contributed by atoms with E-state index in [0.29, 0.717) is 6.54 Å². The Labute approximate surface area is 185 Å². The summed E-state index contributed by atoms with van der Waals surface area (Å²) in [4.78, 5) is 15.1. The smallest absolute Gasteiger partial charge is 0.269 e. The molecule has 10 heteroatoms. The summed E-state index contributed by atoms with van der Waals surface area (Å²) in [6.07, 6.45) is 1.93. The third-order valence-corrected chi connectivity index (χ3v) is 5.85. The average Bonchev–Trinajstić information content (AvgIpc) is 3.27. The molecule has 4 rings (SSSR count). The molecule has 0 N–H and O–H groups in total. The second-order valence-electron chi connectivity index (χ2n) is 7.92. The van der Waals surface area contributed by atoms with Crippen molar-refractivity contribution in [3.05, 3.63) is 75.9 Å². The molecule has 0 radical (unpaired) electrons. The first-order valence-electron chi connectivity index (χ1n) is 10.8. The normalized spacial score (nSPS) is 15.6. The predicted octanol–water partition coefficient (Wildman–Crippen LogP) is 3.43. The van der Waals surface area contributed by atoms with Crippen molar-refractivity contribution in [2.24, 2.45) is 0 Å². The maximum atomic E-state index is 13.2. The van der Waals surface area contributed by atoms with E-state index in [9.17, 15) is 14.5 Å². The minimum absolute atomic E-state index is 0.0921. The fourth-order valence-corrected chi connectivity index (χ4v) is 4.15. The molecule has 1 aliphatic heterocycles. The van der Waals surface area contributed by atoms with E-state index in [1.807, 2.05) is 0 Å². The molecular weight excluding hydrogens is 413 g/mol. The number of nitro groups is 1. The minimum atomic E-state index is -0.382. The first kappa shape index (κ1) is 21.8. The molecule has 1 aliphatic rings. The van der Waals surface area contributed by atoms with E-state index in [4.69, 9.17) is 0 Å². The predicted molar refractivity (Wildman–Crippen MR) is 118 cm³/mol. The quantitative estimate of drug-likeness (QED) is 0.392. The summed E-state index contributed by atoms with van der Waals surface area (Å²) >= 11 is 0. The van der Waals surface area contributed by atoms with Crippen molar-refractivity contribution in [1.82, 2.24) is 25.1 Å². The Kier molecular flexibility index (Phi) is 6.69. The van der Waals surface area contributed by atoms with Crippen molar-refractivity contribution >= 4 is 11.4 Å². The molecular formula is C22H26FN7O2. The molecule has 0 spiro atoms. The van der Waals surface area contributed by atoms with Gasteiger partial charge in [0.1, 0.15) is 5.82 Å². The summed E-state index contributed by atoms with van der Waals surface area (Å²) < 4.78 is 15.0. The standard InChI is InChI=1S/C22H26FN7O2/c1-2-3-21(22-24-25-26-29(22)16-17-4-6-18(23)7-5-17)28-14-12-27(13-15-28)19-8-10-20(11-9-19)30(31)32/h4-11,21H,2-3,12-16H2,1H3. The molecule has 1 saturated heterocycles. The third kappa shape index (κ3) is 4.91. The van der Waals surface area contributed by atoms with Gasteiger partial charge in [-0.3, -0.25) is 15.0 Å². The molecule has 0 saturated carbocycles. The van der Waals surface area contributed by atoms with Crippen LogP contribution in [-0.4, -0.2) is 56.2 Å². The van der Waals surface area contributed by atoms with Gasteiger partial charge in [0.25, 0.3) is 5.69 Å². The summed E-state index contributed by atoms with van der Waals surface area (Å²) in [5, 5.41) is 23.3. The van der Waals surface area contributed by atoms with Crippen LogP contribution in [0.25, 0.3) is 0 Å². The van der Waals surface area contributed by atoms with Crippen molar-refractivity contribution in [3.8, 4) is 0 Å². The van der Waals surface area contributed by atoms with Gasteiger partial charge in [-0.25, -0.2) is 9.07 Å². The van der Waals surface area contributed by atoms with Crippen LogP contribution in [-0.2, 0) is 6.54 Å². The topological polar surface area (TPSA) is 93.2 Å². The van der Waals surface area contributed by atoms with Crippen LogP contribution < -0.4 is 4.90 Å². The number of rotatable bonds is 8. The Hall–Kier alpha value is -3.40. The van der Waals surface area contributed by atoms with Crippen LogP contribution in [0.5, 0.6) is 0 Å². The lowest BCUT2D eigenvalue weighted by Crippen LogP contribution is -2.48. The summed E-state index contributed by atoms with van der Waals surface area (Å²) in [6, 6.07) is 13.2. The highest BCUT2D eigenvalue weighted by Crippen LogP contribution is 2.27. The monoisotopic (exact) mass is 439 g/mol. The van der Waals surface area contributed by atoms with Gasteiger partial charge in [-0.2, -0.15) is 0 Å². The van der Waals surface area contributed by atoms with E-state index in [1.54, 1.807) is 41.1 Å². The van der Waals surface area contributed by atoms with E-state index in [-0.39, 0.29) is 22.5 Å². The highest BCUT2D eigenvalue weighted by Gasteiger charge is 2.28. The highest BCUT2D eigenvalue weighted by molar-refractivity contribution is 5.51. The molecule has 1 atom stereocenters. The van der Waals surface area contributed by atoms with Crippen LogP contribution in [0.1, 0.15) is 37.2 Å².